The van der Waals surface area contributed by atoms with E-state index in [2.05, 4.69) is 0 Å². The number of phenolic OH excluding ortho intramolecular Hbond substituents is 2. The van der Waals surface area contributed by atoms with E-state index in [0.717, 1.165) is 12.3 Å². The van der Waals surface area contributed by atoms with Gasteiger partial charge in [-0.25, -0.2) is 0 Å². The molecule has 0 aliphatic carbocycles. The molecule has 0 fully saturated rings. The maximum atomic E-state index is 11.1. The van der Waals surface area contributed by atoms with E-state index < -0.39 is 11.2 Å². The van der Waals surface area contributed by atoms with Crippen LogP contribution in [0.1, 0.15) is 11.3 Å². The van der Waals surface area contributed by atoms with Crippen molar-refractivity contribution in [3.8, 4) is 17.2 Å². The van der Waals surface area contributed by atoms with E-state index in [-0.39, 0.29) is 17.3 Å². The van der Waals surface area contributed by atoms with Crippen LogP contribution in [-0.2, 0) is 0 Å². The molecule has 1 aromatic carbocycles. The molecule has 0 bridgehead atoms. The number of hydrogen-bond acceptors (Lipinski definition) is 5. The summed E-state index contributed by atoms with van der Waals surface area (Å²) in [5.74, 6) is -0.618. The lowest BCUT2D eigenvalue weighted by molar-refractivity contribution is 0.403. The van der Waals surface area contributed by atoms with Gasteiger partial charge in [-0.05, 0) is 23.8 Å². The highest BCUT2D eigenvalue weighted by molar-refractivity contribution is 5.68. The van der Waals surface area contributed by atoms with Crippen LogP contribution in [0.4, 0.5) is 0 Å². The molecule has 2 rings (SSSR count). The van der Waals surface area contributed by atoms with Crippen LogP contribution in [0.2, 0.25) is 0 Å². The second kappa shape index (κ2) is 4.67. The largest absolute Gasteiger partial charge is 0.504 e. The summed E-state index contributed by atoms with van der Waals surface area (Å²) in [7, 11) is 0. The van der Waals surface area contributed by atoms with Crippen LogP contribution in [0.5, 0.6) is 17.2 Å². The summed E-state index contributed by atoms with van der Waals surface area (Å²) < 4.78 is 4.97. The Labute approximate surface area is 102 Å². The summed E-state index contributed by atoms with van der Waals surface area (Å²) in [4.78, 5) is 11.1. The number of hydrogen-bond donors (Lipinski definition) is 3. The summed E-state index contributed by atoms with van der Waals surface area (Å²) in [6.45, 7) is 0. The van der Waals surface area contributed by atoms with Gasteiger partial charge in [0.2, 0.25) is 5.43 Å². The van der Waals surface area contributed by atoms with Gasteiger partial charge in [-0.1, -0.05) is 12.1 Å². The maximum absolute atomic E-state index is 11.1. The standard InChI is InChI=1S/C13H10O5/c14-10-4-2-8(5-11(10)15)1-3-9-6-12(16)13(17)7-18-9/h1-7,14-15,17H/b3-1+. The second-order valence-electron chi connectivity index (χ2n) is 3.61. The molecule has 5 nitrogen and oxygen atoms in total. The number of aromatic hydroxyl groups is 3. The summed E-state index contributed by atoms with van der Waals surface area (Å²) in [6, 6.07) is 5.45. The molecule has 0 spiro atoms. The Balaban J connectivity index is 2.27. The molecule has 0 aliphatic rings. The number of rotatable bonds is 2. The van der Waals surface area contributed by atoms with Crippen LogP contribution in [-0.4, -0.2) is 15.3 Å². The maximum Gasteiger partial charge on any atom is 0.227 e. The third-order valence-electron chi connectivity index (χ3n) is 2.27. The van der Waals surface area contributed by atoms with Crippen molar-refractivity contribution < 1.29 is 19.7 Å². The van der Waals surface area contributed by atoms with Crippen LogP contribution in [0.25, 0.3) is 12.2 Å². The average Bonchev–Trinajstić information content (AvgIpc) is 2.35. The van der Waals surface area contributed by atoms with Gasteiger partial charge < -0.3 is 19.7 Å². The summed E-state index contributed by atoms with van der Waals surface area (Å²) >= 11 is 0. The predicted molar refractivity (Wildman–Crippen MR) is 65.3 cm³/mol. The summed E-state index contributed by atoms with van der Waals surface area (Å²) in [6.07, 6.45) is 4.05. The molecule has 5 heteroatoms. The van der Waals surface area contributed by atoms with E-state index in [1.54, 1.807) is 12.1 Å². The lowest BCUT2D eigenvalue weighted by atomic mass is 10.2. The second-order valence-corrected chi connectivity index (χ2v) is 3.61. The lowest BCUT2D eigenvalue weighted by Gasteiger charge is -1.98. The van der Waals surface area contributed by atoms with Gasteiger partial charge in [0.25, 0.3) is 0 Å². The molecule has 0 radical (unpaired) electrons. The molecule has 92 valence electrons. The molecular weight excluding hydrogens is 236 g/mol. The van der Waals surface area contributed by atoms with Crippen molar-refractivity contribution in [1.82, 2.24) is 0 Å². The van der Waals surface area contributed by atoms with Crippen molar-refractivity contribution in [2.24, 2.45) is 0 Å². The fourth-order valence-corrected chi connectivity index (χ4v) is 1.33. The normalized spacial score (nSPS) is 10.9. The monoisotopic (exact) mass is 246 g/mol. The first-order valence-corrected chi connectivity index (χ1v) is 5.08. The topological polar surface area (TPSA) is 90.9 Å². The van der Waals surface area contributed by atoms with Crippen molar-refractivity contribution in [3.63, 3.8) is 0 Å². The van der Waals surface area contributed by atoms with Crippen LogP contribution in [0.15, 0.2) is 39.7 Å². The van der Waals surface area contributed by atoms with Crippen molar-refractivity contribution in [2.45, 2.75) is 0 Å². The minimum atomic E-state index is -0.533. The molecule has 1 heterocycles. The Hall–Kier alpha value is -2.69. The van der Waals surface area contributed by atoms with Crippen molar-refractivity contribution in [2.75, 3.05) is 0 Å². The Morgan fingerprint density at radius 3 is 2.39 bits per heavy atom. The van der Waals surface area contributed by atoms with Gasteiger partial charge >= 0.3 is 0 Å². The summed E-state index contributed by atoms with van der Waals surface area (Å²) in [5, 5.41) is 27.4. The van der Waals surface area contributed by atoms with Gasteiger partial charge in [-0.15, -0.1) is 0 Å². The Morgan fingerprint density at radius 1 is 0.944 bits per heavy atom. The molecule has 1 aromatic heterocycles. The highest BCUT2D eigenvalue weighted by Gasteiger charge is 2.00. The van der Waals surface area contributed by atoms with Crippen LogP contribution >= 0.6 is 0 Å². The molecule has 0 saturated heterocycles. The molecule has 0 aliphatic heterocycles. The van der Waals surface area contributed by atoms with Gasteiger partial charge in [0.05, 0.1) is 0 Å². The number of phenols is 2. The molecule has 0 unspecified atom stereocenters. The molecule has 18 heavy (non-hydrogen) atoms. The van der Waals surface area contributed by atoms with Gasteiger partial charge in [-0.3, -0.25) is 4.79 Å². The Bertz CT molecular complexity index is 655. The van der Waals surface area contributed by atoms with Gasteiger partial charge in [-0.2, -0.15) is 0 Å². The zero-order valence-electron chi connectivity index (χ0n) is 9.20. The fraction of sp³-hybridized carbons (Fsp3) is 0. The van der Waals surface area contributed by atoms with E-state index in [9.17, 15) is 9.90 Å². The molecule has 2 aromatic rings. The first-order valence-electron chi connectivity index (χ1n) is 5.08. The highest BCUT2D eigenvalue weighted by Crippen LogP contribution is 2.25. The average molecular weight is 246 g/mol. The highest BCUT2D eigenvalue weighted by atomic mass is 16.3. The molecule has 3 N–H and O–H groups in total. The molecule has 0 amide bonds. The SMILES string of the molecule is O=c1cc(/C=C/c2ccc(O)c(O)c2)occ1O. The predicted octanol–water partition coefficient (Wildman–Crippen LogP) is 1.93. The minimum absolute atomic E-state index is 0.205. The fourth-order valence-electron chi connectivity index (χ4n) is 1.33. The first kappa shape index (κ1) is 11.8. The number of benzene rings is 1. The van der Waals surface area contributed by atoms with Gasteiger partial charge in [0, 0.05) is 6.07 Å². The van der Waals surface area contributed by atoms with E-state index in [0.29, 0.717) is 5.56 Å². The van der Waals surface area contributed by atoms with Crippen molar-refractivity contribution >= 4 is 12.2 Å². The third kappa shape index (κ3) is 2.52. The van der Waals surface area contributed by atoms with Crippen LogP contribution in [0, 0.1) is 0 Å². The van der Waals surface area contributed by atoms with Gasteiger partial charge in [0.15, 0.2) is 17.2 Å². The quantitative estimate of drug-likeness (QED) is 0.704. The van der Waals surface area contributed by atoms with E-state index in [4.69, 9.17) is 14.6 Å². The van der Waals surface area contributed by atoms with E-state index >= 15 is 0 Å². The first-order chi connectivity index (χ1) is 8.56. The molecule has 0 atom stereocenters. The zero-order chi connectivity index (χ0) is 13.1. The molecular formula is C13H10O5. The Kier molecular flexibility index (Phi) is 3.05. The Morgan fingerprint density at radius 2 is 1.72 bits per heavy atom. The minimum Gasteiger partial charge on any atom is -0.504 e. The smallest absolute Gasteiger partial charge is 0.227 e. The van der Waals surface area contributed by atoms with Gasteiger partial charge in [0.1, 0.15) is 12.0 Å². The van der Waals surface area contributed by atoms with E-state index in [1.807, 2.05) is 0 Å². The lowest BCUT2D eigenvalue weighted by Crippen LogP contribution is -1.97. The zero-order valence-corrected chi connectivity index (χ0v) is 9.20. The van der Waals surface area contributed by atoms with Crippen LogP contribution < -0.4 is 5.43 Å². The third-order valence-corrected chi connectivity index (χ3v) is 2.27. The summed E-state index contributed by atoms with van der Waals surface area (Å²) in [5.41, 5.74) is 0.0930. The van der Waals surface area contributed by atoms with Crippen molar-refractivity contribution in [3.05, 3.63) is 52.1 Å². The van der Waals surface area contributed by atoms with E-state index in [1.165, 1.54) is 18.2 Å². The molecule has 0 saturated carbocycles. The van der Waals surface area contributed by atoms with Crippen LogP contribution in [0.3, 0.4) is 0 Å². The van der Waals surface area contributed by atoms with Crippen molar-refractivity contribution in [1.29, 1.82) is 0 Å².